The fourth-order valence-electron chi connectivity index (χ4n) is 3.15. The lowest BCUT2D eigenvalue weighted by atomic mass is 10.1. The number of H-pyrrole nitrogens is 1. The van der Waals surface area contributed by atoms with Crippen LogP contribution in [0.4, 0.5) is 0 Å². The second-order valence-corrected chi connectivity index (χ2v) is 7.76. The highest BCUT2D eigenvalue weighted by Crippen LogP contribution is 2.34. The van der Waals surface area contributed by atoms with E-state index in [9.17, 15) is 0 Å². The summed E-state index contributed by atoms with van der Waals surface area (Å²) in [6.07, 6.45) is 0. The maximum Gasteiger partial charge on any atom is 0.253 e. The molecule has 0 radical (unpaired) electrons. The Morgan fingerprint density at radius 3 is 2.59 bits per heavy atom. The fourth-order valence-corrected chi connectivity index (χ4v) is 3.78. The van der Waals surface area contributed by atoms with Crippen molar-refractivity contribution in [2.45, 2.75) is 17.8 Å². The third-order valence-electron chi connectivity index (χ3n) is 4.74. The van der Waals surface area contributed by atoms with Crippen LogP contribution in [0, 0.1) is 6.92 Å². The minimum absolute atomic E-state index is 0.368. The third kappa shape index (κ3) is 4.00. The number of nitrogens with zero attached hydrogens (tertiary/aromatic N) is 5. The van der Waals surface area contributed by atoms with Crippen molar-refractivity contribution in [3.8, 4) is 39.8 Å². The van der Waals surface area contributed by atoms with Crippen LogP contribution in [0.2, 0.25) is 0 Å². The Morgan fingerprint density at radius 1 is 1.00 bits per heavy atom. The number of nitrogens with one attached hydrogen (secondary N) is 1. The van der Waals surface area contributed by atoms with Crippen molar-refractivity contribution >= 4 is 11.8 Å². The monoisotopic (exact) mass is 446 g/mol. The molecular formula is C22H18N6O3S. The van der Waals surface area contributed by atoms with Gasteiger partial charge in [-0.2, -0.15) is 0 Å². The Morgan fingerprint density at radius 2 is 1.81 bits per heavy atom. The summed E-state index contributed by atoms with van der Waals surface area (Å²) in [7, 11) is 1.63. The van der Waals surface area contributed by atoms with Gasteiger partial charge >= 0.3 is 0 Å². The Balaban J connectivity index is 1.30. The van der Waals surface area contributed by atoms with Crippen LogP contribution in [0.1, 0.15) is 11.7 Å². The maximum absolute atomic E-state index is 5.89. The summed E-state index contributed by atoms with van der Waals surface area (Å²) in [5.74, 6) is 3.33. The summed E-state index contributed by atoms with van der Waals surface area (Å²) in [4.78, 5) is 4.52. The zero-order chi connectivity index (χ0) is 21.9. The fraction of sp³-hybridized carbons (Fsp3) is 0.136. The van der Waals surface area contributed by atoms with Crippen LogP contribution in [0.5, 0.6) is 5.75 Å². The number of aromatic amines is 1. The molecule has 1 N–H and O–H groups in total. The van der Waals surface area contributed by atoms with E-state index in [1.54, 1.807) is 7.11 Å². The van der Waals surface area contributed by atoms with E-state index in [-0.39, 0.29) is 0 Å². The molecule has 3 aromatic heterocycles. The molecule has 0 saturated carbocycles. The largest absolute Gasteiger partial charge is 0.497 e. The average Bonchev–Trinajstić information content (AvgIpc) is 3.58. The van der Waals surface area contributed by atoms with Gasteiger partial charge in [0.25, 0.3) is 5.89 Å². The average molecular weight is 446 g/mol. The Hall–Kier alpha value is -3.92. The molecule has 9 nitrogen and oxygen atoms in total. The van der Waals surface area contributed by atoms with Gasteiger partial charge in [-0.05, 0) is 31.2 Å². The molecule has 0 aliphatic rings. The number of aromatic nitrogens is 6. The number of hydrogen-bond donors (Lipinski definition) is 1. The molecule has 160 valence electrons. The first-order valence-corrected chi connectivity index (χ1v) is 10.7. The summed E-state index contributed by atoms with van der Waals surface area (Å²) < 4.78 is 16.5. The van der Waals surface area contributed by atoms with E-state index in [0.717, 1.165) is 16.9 Å². The van der Waals surface area contributed by atoms with Gasteiger partial charge in [-0.15, -0.1) is 15.3 Å². The molecule has 0 bridgehead atoms. The van der Waals surface area contributed by atoms with Gasteiger partial charge in [-0.1, -0.05) is 47.3 Å². The van der Waals surface area contributed by atoms with Crippen LogP contribution in [0.25, 0.3) is 34.1 Å². The van der Waals surface area contributed by atoms with E-state index in [1.807, 2.05) is 61.5 Å². The summed E-state index contributed by atoms with van der Waals surface area (Å²) in [5, 5.41) is 20.3. The maximum atomic E-state index is 5.89. The van der Waals surface area contributed by atoms with Crippen LogP contribution in [-0.4, -0.2) is 37.6 Å². The second-order valence-electron chi connectivity index (χ2n) is 6.81. The van der Waals surface area contributed by atoms with Gasteiger partial charge in [0.05, 0.1) is 12.9 Å². The van der Waals surface area contributed by atoms with Crippen LogP contribution in [0.3, 0.4) is 0 Å². The van der Waals surface area contributed by atoms with Crippen LogP contribution >= 0.6 is 11.8 Å². The highest BCUT2D eigenvalue weighted by atomic mass is 32.2. The molecule has 0 aliphatic carbocycles. The van der Waals surface area contributed by atoms with Gasteiger partial charge in [0, 0.05) is 11.1 Å². The quantitative estimate of drug-likeness (QED) is 0.352. The van der Waals surface area contributed by atoms with Crippen molar-refractivity contribution in [1.82, 2.24) is 30.5 Å². The van der Waals surface area contributed by atoms with Crippen molar-refractivity contribution in [2.75, 3.05) is 7.11 Å². The molecule has 3 heterocycles. The van der Waals surface area contributed by atoms with E-state index in [0.29, 0.717) is 45.5 Å². The van der Waals surface area contributed by atoms with Crippen molar-refractivity contribution in [2.24, 2.45) is 0 Å². The summed E-state index contributed by atoms with van der Waals surface area (Å²) >= 11 is 1.40. The van der Waals surface area contributed by atoms with Gasteiger partial charge in [0.2, 0.25) is 11.0 Å². The Bertz CT molecular complexity index is 1330. The molecule has 5 rings (SSSR count). The topological polar surface area (TPSA) is 116 Å². The number of thioether (sulfide) groups is 1. The molecule has 5 aromatic rings. The van der Waals surface area contributed by atoms with E-state index in [2.05, 4.69) is 30.5 Å². The molecule has 0 fully saturated rings. The molecule has 0 unspecified atom stereocenters. The lowest BCUT2D eigenvalue weighted by molar-refractivity contribution is 0.399. The van der Waals surface area contributed by atoms with Crippen LogP contribution < -0.4 is 4.74 Å². The third-order valence-corrected chi connectivity index (χ3v) is 5.58. The second kappa shape index (κ2) is 8.67. The zero-order valence-corrected chi connectivity index (χ0v) is 18.1. The predicted octanol–water partition coefficient (Wildman–Crippen LogP) is 4.79. The number of rotatable bonds is 7. The summed E-state index contributed by atoms with van der Waals surface area (Å²) in [6.45, 7) is 1.82. The molecule has 32 heavy (non-hydrogen) atoms. The van der Waals surface area contributed by atoms with Crippen molar-refractivity contribution in [3.05, 3.63) is 66.2 Å². The number of methoxy groups -OCH3 is 1. The smallest absolute Gasteiger partial charge is 0.253 e. The van der Waals surface area contributed by atoms with E-state index < -0.39 is 0 Å². The molecule has 0 spiro atoms. The number of ether oxygens (including phenoxy) is 1. The first-order chi connectivity index (χ1) is 15.7. The first kappa shape index (κ1) is 20.0. The standard InChI is InChI=1S/C22H18N6O3S/c1-13-18(19(28-31-13)14-6-4-3-5-7-14)21-26-24-17(30-21)12-32-22-23-20(25-27-22)15-8-10-16(29-2)11-9-15/h3-11H,12H2,1-2H3,(H,23,25,27). The first-order valence-electron chi connectivity index (χ1n) is 9.75. The minimum atomic E-state index is 0.368. The molecule has 0 aliphatic heterocycles. The number of hydrogen-bond acceptors (Lipinski definition) is 9. The Labute approximate surface area is 187 Å². The molecule has 0 saturated heterocycles. The van der Waals surface area contributed by atoms with E-state index >= 15 is 0 Å². The lowest BCUT2D eigenvalue weighted by Crippen LogP contribution is -1.84. The number of aryl methyl sites for hydroxylation is 1. The summed E-state index contributed by atoms with van der Waals surface area (Å²) in [6, 6.07) is 17.3. The molecule has 2 aromatic carbocycles. The summed E-state index contributed by atoms with van der Waals surface area (Å²) in [5.41, 5.74) is 3.20. The van der Waals surface area contributed by atoms with Gasteiger partial charge in [0.1, 0.15) is 22.8 Å². The van der Waals surface area contributed by atoms with E-state index in [4.69, 9.17) is 13.7 Å². The van der Waals surface area contributed by atoms with Crippen LogP contribution in [0.15, 0.2) is 68.7 Å². The van der Waals surface area contributed by atoms with Crippen LogP contribution in [-0.2, 0) is 5.75 Å². The number of benzene rings is 2. The normalized spacial score (nSPS) is 11.1. The van der Waals surface area contributed by atoms with Gasteiger partial charge in [0.15, 0.2) is 5.82 Å². The molecule has 10 heteroatoms. The van der Waals surface area contributed by atoms with Gasteiger partial charge < -0.3 is 13.7 Å². The lowest BCUT2D eigenvalue weighted by Gasteiger charge is -1.99. The highest BCUT2D eigenvalue weighted by Gasteiger charge is 2.22. The SMILES string of the molecule is COc1ccc(-c2nc(SCc3nnc(-c4c(-c5ccccc5)noc4C)o3)n[nH]2)cc1. The minimum Gasteiger partial charge on any atom is -0.497 e. The predicted molar refractivity (Wildman–Crippen MR) is 118 cm³/mol. The van der Waals surface area contributed by atoms with Crippen molar-refractivity contribution < 1.29 is 13.7 Å². The highest BCUT2D eigenvalue weighted by molar-refractivity contribution is 7.98. The van der Waals surface area contributed by atoms with Gasteiger partial charge in [-0.25, -0.2) is 4.98 Å². The van der Waals surface area contributed by atoms with Gasteiger partial charge in [-0.3, -0.25) is 5.10 Å². The zero-order valence-electron chi connectivity index (χ0n) is 17.3. The molecular weight excluding hydrogens is 428 g/mol. The molecule has 0 amide bonds. The van der Waals surface area contributed by atoms with E-state index in [1.165, 1.54) is 11.8 Å². The van der Waals surface area contributed by atoms with Crippen molar-refractivity contribution in [3.63, 3.8) is 0 Å². The Kier molecular flexibility index (Phi) is 5.42. The molecule has 0 atom stereocenters. The van der Waals surface area contributed by atoms with Crippen molar-refractivity contribution in [1.29, 1.82) is 0 Å².